The van der Waals surface area contributed by atoms with E-state index in [1.54, 1.807) is 33.8 Å². The number of aliphatic hydroxyl groups excluding tert-OH is 1. The number of esters is 1. The minimum atomic E-state index is -0.625. The molecule has 1 rings (SSSR count). The van der Waals surface area contributed by atoms with Crippen molar-refractivity contribution in [3.63, 3.8) is 0 Å². The summed E-state index contributed by atoms with van der Waals surface area (Å²) in [4.78, 5) is 23.8. The molecule has 0 bridgehead atoms. The number of aryl methyl sites for hydroxylation is 1. The number of carbonyl (C=O) groups excluding carboxylic acids is 2. The maximum absolute atomic E-state index is 12.3. The molecule has 0 unspecified atom stereocenters. The van der Waals surface area contributed by atoms with Crippen molar-refractivity contribution in [2.45, 2.75) is 52.7 Å². The fourth-order valence-electron chi connectivity index (χ4n) is 2.62. The molecule has 0 aliphatic rings. The van der Waals surface area contributed by atoms with E-state index >= 15 is 0 Å². The Kier molecular flexibility index (Phi) is 9.02. The Morgan fingerprint density at radius 1 is 1.30 bits per heavy atom. The fraction of sp³-hybridized carbons (Fsp3) is 0.524. The summed E-state index contributed by atoms with van der Waals surface area (Å²) < 4.78 is 10.2. The van der Waals surface area contributed by atoms with Crippen LogP contribution in [0, 0.1) is 12.8 Å². The van der Waals surface area contributed by atoms with E-state index in [0.29, 0.717) is 13.0 Å². The Hall–Kier alpha value is -2.34. The second kappa shape index (κ2) is 10.7. The number of aliphatic hydroxyl groups is 1. The Bertz CT molecular complexity index is 648. The van der Waals surface area contributed by atoms with Crippen LogP contribution in [0.5, 0.6) is 0 Å². The van der Waals surface area contributed by atoms with E-state index in [1.807, 2.05) is 31.2 Å². The van der Waals surface area contributed by atoms with Crippen LogP contribution < -0.4 is 5.32 Å². The number of benzene rings is 1. The van der Waals surface area contributed by atoms with Gasteiger partial charge in [0.25, 0.3) is 0 Å². The lowest BCUT2D eigenvalue weighted by atomic mass is 9.90. The highest BCUT2D eigenvalue weighted by Crippen LogP contribution is 2.26. The molecule has 0 spiro atoms. The van der Waals surface area contributed by atoms with Gasteiger partial charge in [-0.2, -0.15) is 0 Å². The van der Waals surface area contributed by atoms with Gasteiger partial charge < -0.3 is 19.9 Å². The monoisotopic (exact) mass is 377 g/mol. The predicted octanol–water partition coefficient (Wildman–Crippen LogP) is 3.68. The summed E-state index contributed by atoms with van der Waals surface area (Å²) in [5.74, 6) is -0.758. The third kappa shape index (κ3) is 8.73. The van der Waals surface area contributed by atoms with Crippen LogP contribution in [0.15, 0.2) is 36.4 Å². The van der Waals surface area contributed by atoms with Crippen molar-refractivity contribution in [1.82, 2.24) is 5.32 Å². The molecule has 27 heavy (non-hydrogen) atoms. The van der Waals surface area contributed by atoms with Gasteiger partial charge in [0.05, 0.1) is 12.6 Å². The first-order chi connectivity index (χ1) is 12.7. The van der Waals surface area contributed by atoms with Gasteiger partial charge in [-0.1, -0.05) is 35.9 Å². The average Bonchev–Trinajstić information content (AvgIpc) is 2.56. The highest BCUT2D eigenvalue weighted by molar-refractivity contribution is 5.81. The summed E-state index contributed by atoms with van der Waals surface area (Å²) in [7, 11) is 0. The van der Waals surface area contributed by atoms with Crippen LogP contribution in [0.3, 0.4) is 0 Å². The molecule has 2 N–H and O–H groups in total. The third-order valence-electron chi connectivity index (χ3n) is 3.76. The minimum Gasteiger partial charge on any atom is -0.463 e. The average molecular weight is 377 g/mol. The molecule has 2 atom stereocenters. The van der Waals surface area contributed by atoms with E-state index < -0.39 is 23.7 Å². The first-order valence-electron chi connectivity index (χ1n) is 9.16. The Morgan fingerprint density at radius 2 is 2.00 bits per heavy atom. The van der Waals surface area contributed by atoms with E-state index in [0.717, 1.165) is 11.1 Å². The van der Waals surface area contributed by atoms with Crippen LogP contribution in [0.25, 0.3) is 0 Å². The molecular weight excluding hydrogens is 346 g/mol. The molecule has 0 aliphatic carbocycles. The number of carbonyl (C=O) groups is 2. The van der Waals surface area contributed by atoms with Crippen molar-refractivity contribution >= 4 is 12.1 Å². The predicted molar refractivity (Wildman–Crippen MR) is 104 cm³/mol. The molecule has 0 radical (unpaired) electrons. The van der Waals surface area contributed by atoms with E-state index in [9.17, 15) is 14.7 Å². The summed E-state index contributed by atoms with van der Waals surface area (Å²) in [6.07, 6.45) is 2.83. The number of amides is 1. The standard InChI is InChI=1S/C21H31NO5/c1-6-26-18(24)12-8-11-17(14-23)19(16-10-7-9-15(2)13-16)22-20(25)27-21(3,4)5/h7-10,12-13,17,19,23H,6,11,14H2,1-5H3,(H,22,25)/b12-8+/t17-,19-/m1/s1. The number of allylic oxidation sites excluding steroid dienone is 1. The quantitative estimate of drug-likeness (QED) is 0.533. The van der Waals surface area contributed by atoms with E-state index in [1.165, 1.54) is 6.08 Å². The molecule has 0 aliphatic heterocycles. The van der Waals surface area contributed by atoms with E-state index in [4.69, 9.17) is 9.47 Å². The number of alkyl carbamates (subject to hydrolysis) is 1. The van der Waals surface area contributed by atoms with Gasteiger partial charge in [0.15, 0.2) is 0 Å². The van der Waals surface area contributed by atoms with E-state index in [2.05, 4.69) is 5.32 Å². The molecule has 150 valence electrons. The van der Waals surface area contributed by atoms with Crippen molar-refractivity contribution in [3.8, 4) is 0 Å². The maximum Gasteiger partial charge on any atom is 0.408 e. The lowest BCUT2D eigenvalue weighted by Crippen LogP contribution is -2.38. The molecule has 0 fully saturated rings. The van der Waals surface area contributed by atoms with Gasteiger partial charge in [-0.25, -0.2) is 9.59 Å². The Labute approximate surface area is 161 Å². The molecule has 1 amide bonds. The fourth-order valence-corrected chi connectivity index (χ4v) is 2.62. The van der Waals surface area contributed by atoms with Crippen LogP contribution in [-0.4, -0.2) is 36.0 Å². The summed E-state index contributed by atoms with van der Waals surface area (Å²) in [5, 5.41) is 12.8. The molecule has 1 aromatic rings. The summed E-state index contributed by atoms with van der Waals surface area (Å²) in [6, 6.07) is 7.25. The van der Waals surface area contributed by atoms with Crippen LogP contribution in [-0.2, 0) is 14.3 Å². The molecule has 6 nitrogen and oxygen atoms in total. The molecule has 1 aromatic carbocycles. The van der Waals surface area contributed by atoms with Crippen molar-refractivity contribution in [2.75, 3.05) is 13.2 Å². The SMILES string of the molecule is CCOC(=O)/C=C/C[C@H](CO)[C@H](NC(=O)OC(C)(C)C)c1cccc(C)c1. The molecule has 0 heterocycles. The number of rotatable bonds is 8. The van der Waals surface area contributed by atoms with Gasteiger partial charge in [0.2, 0.25) is 0 Å². The second-order valence-electron chi connectivity index (χ2n) is 7.37. The van der Waals surface area contributed by atoms with Crippen molar-refractivity contribution in [1.29, 1.82) is 0 Å². The number of hydrogen-bond donors (Lipinski definition) is 2. The van der Waals surface area contributed by atoms with Crippen molar-refractivity contribution < 1.29 is 24.2 Å². The smallest absolute Gasteiger partial charge is 0.408 e. The van der Waals surface area contributed by atoms with Gasteiger partial charge >= 0.3 is 12.1 Å². The minimum absolute atomic E-state index is 0.165. The van der Waals surface area contributed by atoms with Gasteiger partial charge in [-0.15, -0.1) is 0 Å². The van der Waals surface area contributed by atoms with Gasteiger partial charge in [0.1, 0.15) is 5.60 Å². The van der Waals surface area contributed by atoms with Crippen LogP contribution >= 0.6 is 0 Å². The van der Waals surface area contributed by atoms with Gasteiger partial charge in [0, 0.05) is 18.6 Å². The zero-order valence-corrected chi connectivity index (χ0v) is 16.8. The Balaban J connectivity index is 3.00. The lowest BCUT2D eigenvalue weighted by Gasteiger charge is -2.28. The number of ether oxygens (including phenoxy) is 2. The van der Waals surface area contributed by atoms with Crippen LogP contribution in [0.1, 0.15) is 51.3 Å². The maximum atomic E-state index is 12.3. The Morgan fingerprint density at radius 3 is 2.56 bits per heavy atom. The molecule has 0 saturated carbocycles. The topological polar surface area (TPSA) is 84.9 Å². The summed E-state index contributed by atoms with van der Waals surface area (Å²) in [6.45, 7) is 9.21. The molecular formula is C21H31NO5. The first-order valence-corrected chi connectivity index (χ1v) is 9.16. The summed E-state index contributed by atoms with van der Waals surface area (Å²) in [5.41, 5.74) is 1.28. The summed E-state index contributed by atoms with van der Waals surface area (Å²) >= 11 is 0. The van der Waals surface area contributed by atoms with Gasteiger partial charge in [-0.3, -0.25) is 0 Å². The van der Waals surface area contributed by atoms with Crippen LogP contribution in [0.2, 0.25) is 0 Å². The van der Waals surface area contributed by atoms with Crippen LogP contribution in [0.4, 0.5) is 4.79 Å². The first kappa shape index (κ1) is 22.7. The van der Waals surface area contributed by atoms with E-state index in [-0.39, 0.29) is 12.5 Å². The number of nitrogens with one attached hydrogen (secondary N) is 1. The largest absolute Gasteiger partial charge is 0.463 e. The van der Waals surface area contributed by atoms with Crippen molar-refractivity contribution in [2.24, 2.45) is 5.92 Å². The molecule has 0 aromatic heterocycles. The van der Waals surface area contributed by atoms with Crippen molar-refractivity contribution in [3.05, 3.63) is 47.5 Å². The van der Waals surface area contributed by atoms with Gasteiger partial charge in [-0.05, 0) is 46.6 Å². The zero-order chi connectivity index (χ0) is 20.4. The normalized spacial score (nSPS) is 13.9. The zero-order valence-electron chi connectivity index (χ0n) is 16.8. The number of hydrogen-bond acceptors (Lipinski definition) is 5. The lowest BCUT2D eigenvalue weighted by molar-refractivity contribution is -0.137. The second-order valence-corrected chi connectivity index (χ2v) is 7.37. The molecule has 6 heteroatoms. The molecule has 0 saturated heterocycles. The highest BCUT2D eigenvalue weighted by atomic mass is 16.6. The third-order valence-corrected chi connectivity index (χ3v) is 3.76. The highest BCUT2D eigenvalue weighted by Gasteiger charge is 2.26.